The highest BCUT2D eigenvalue weighted by molar-refractivity contribution is 5.99. The van der Waals surface area contributed by atoms with Gasteiger partial charge in [0.15, 0.2) is 5.78 Å². The summed E-state index contributed by atoms with van der Waals surface area (Å²) < 4.78 is 5.11. The van der Waals surface area contributed by atoms with E-state index in [4.69, 9.17) is 4.74 Å². The van der Waals surface area contributed by atoms with Crippen LogP contribution in [0, 0.1) is 0 Å². The van der Waals surface area contributed by atoms with E-state index >= 15 is 0 Å². The number of carbonyl (C=O) groups excluding carboxylic acids is 2. The predicted molar refractivity (Wildman–Crippen MR) is 80.5 cm³/mol. The van der Waals surface area contributed by atoms with E-state index < -0.39 is 0 Å². The van der Waals surface area contributed by atoms with E-state index in [1.54, 1.807) is 37.4 Å². The van der Waals surface area contributed by atoms with Crippen molar-refractivity contribution in [2.24, 2.45) is 0 Å². The van der Waals surface area contributed by atoms with E-state index in [1.807, 2.05) is 24.3 Å². The number of hydrogen-bond donors (Lipinski definition) is 1. The van der Waals surface area contributed by atoms with E-state index in [0.29, 0.717) is 11.3 Å². The SMILES string of the molecule is COc1cccc(CC(=O)NCC(=O)c2ccccc2)c1. The van der Waals surface area contributed by atoms with Crippen molar-refractivity contribution in [1.29, 1.82) is 0 Å². The predicted octanol–water partition coefficient (Wildman–Crippen LogP) is 2.24. The number of rotatable bonds is 6. The van der Waals surface area contributed by atoms with Gasteiger partial charge in [-0.1, -0.05) is 42.5 Å². The van der Waals surface area contributed by atoms with Gasteiger partial charge in [0.2, 0.25) is 5.91 Å². The first-order valence-corrected chi connectivity index (χ1v) is 6.67. The maximum absolute atomic E-state index is 11.9. The standard InChI is InChI=1S/C17H17NO3/c1-21-15-9-5-6-13(10-15)11-17(20)18-12-16(19)14-7-3-2-4-8-14/h2-10H,11-12H2,1H3,(H,18,20). The van der Waals surface area contributed by atoms with Crippen LogP contribution in [0.5, 0.6) is 5.75 Å². The van der Waals surface area contributed by atoms with Crippen molar-refractivity contribution >= 4 is 11.7 Å². The molecule has 1 amide bonds. The molecule has 0 aliphatic heterocycles. The molecule has 0 atom stereocenters. The van der Waals surface area contributed by atoms with E-state index in [1.165, 1.54) is 0 Å². The molecule has 0 spiro atoms. The molecule has 0 radical (unpaired) electrons. The maximum Gasteiger partial charge on any atom is 0.224 e. The van der Waals surface area contributed by atoms with Crippen molar-refractivity contribution < 1.29 is 14.3 Å². The third-order valence-electron chi connectivity index (χ3n) is 3.04. The number of benzene rings is 2. The number of amides is 1. The molecule has 0 unspecified atom stereocenters. The van der Waals surface area contributed by atoms with Crippen molar-refractivity contribution in [3.8, 4) is 5.75 Å². The average Bonchev–Trinajstić information content (AvgIpc) is 2.53. The van der Waals surface area contributed by atoms with Crippen LogP contribution < -0.4 is 10.1 Å². The minimum absolute atomic E-state index is 0.00676. The molecular weight excluding hydrogens is 266 g/mol. The zero-order valence-electron chi connectivity index (χ0n) is 11.8. The zero-order valence-corrected chi connectivity index (χ0v) is 11.8. The molecular formula is C17H17NO3. The van der Waals surface area contributed by atoms with Crippen molar-refractivity contribution in [2.45, 2.75) is 6.42 Å². The summed E-state index contributed by atoms with van der Waals surface area (Å²) in [7, 11) is 1.58. The van der Waals surface area contributed by atoms with Crippen LogP contribution in [0.2, 0.25) is 0 Å². The maximum atomic E-state index is 11.9. The van der Waals surface area contributed by atoms with Crippen LogP contribution in [-0.4, -0.2) is 25.3 Å². The molecule has 2 aromatic carbocycles. The Hall–Kier alpha value is -2.62. The van der Waals surface area contributed by atoms with Crippen LogP contribution in [0.3, 0.4) is 0 Å². The van der Waals surface area contributed by atoms with Gasteiger partial charge in [0.1, 0.15) is 5.75 Å². The van der Waals surface area contributed by atoms with Gasteiger partial charge in [-0.25, -0.2) is 0 Å². The fourth-order valence-electron chi connectivity index (χ4n) is 1.94. The van der Waals surface area contributed by atoms with Crippen LogP contribution in [0.25, 0.3) is 0 Å². The number of ether oxygens (including phenoxy) is 1. The molecule has 21 heavy (non-hydrogen) atoms. The van der Waals surface area contributed by atoms with Gasteiger partial charge in [-0.2, -0.15) is 0 Å². The van der Waals surface area contributed by atoms with Gasteiger partial charge in [-0.05, 0) is 17.7 Å². The highest BCUT2D eigenvalue weighted by atomic mass is 16.5. The quantitative estimate of drug-likeness (QED) is 0.827. The van der Waals surface area contributed by atoms with Gasteiger partial charge in [0.25, 0.3) is 0 Å². The molecule has 0 fully saturated rings. The summed E-state index contributed by atoms with van der Waals surface area (Å²) in [6, 6.07) is 16.2. The van der Waals surface area contributed by atoms with Crippen LogP contribution in [0.1, 0.15) is 15.9 Å². The van der Waals surface area contributed by atoms with E-state index in [9.17, 15) is 9.59 Å². The fraction of sp³-hybridized carbons (Fsp3) is 0.176. The number of nitrogens with one attached hydrogen (secondary N) is 1. The molecule has 4 heteroatoms. The molecule has 0 heterocycles. The second-order valence-corrected chi connectivity index (χ2v) is 4.59. The normalized spacial score (nSPS) is 9.95. The monoisotopic (exact) mass is 283 g/mol. The second-order valence-electron chi connectivity index (χ2n) is 4.59. The zero-order chi connectivity index (χ0) is 15.1. The smallest absolute Gasteiger partial charge is 0.224 e. The van der Waals surface area contributed by atoms with Gasteiger partial charge in [0, 0.05) is 5.56 Å². The lowest BCUT2D eigenvalue weighted by atomic mass is 10.1. The molecule has 0 aliphatic carbocycles. The summed E-state index contributed by atoms with van der Waals surface area (Å²) in [5.74, 6) is 0.419. The second kappa shape index (κ2) is 7.24. The third kappa shape index (κ3) is 4.45. The minimum atomic E-state index is -0.187. The van der Waals surface area contributed by atoms with Gasteiger partial charge >= 0.3 is 0 Å². The van der Waals surface area contributed by atoms with Crippen molar-refractivity contribution in [3.05, 3.63) is 65.7 Å². The van der Waals surface area contributed by atoms with Crippen molar-refractivity contribution in [2.75, 3.05) is 13.7 Å². The van der Waals surface area contributed by atoms with Crippen LogP contribution in [0.4, 0.5) is 0 Å². The first-order valence-electron chi connectivity index (χ1n) is 6.67. The Morgan fingerprint density at radius 1 is 1.05 bits per heavy atom. The lowest BCUT2D eigenvalue weighted by molar-refractivity contribution is -0.120. The fourth-order valence-corrected chi connectivity index (χ4v) is 1.94. The first kappa shape index (κ1) is 14.8. The number of methoxy groups -OCH3 is 1. The molecule has 1 N–H and O–H groups in total. The van der Waals surface area contributed by atoms with Gasteiger partial charge in [-0.15, -0.1) is 0 Å². The Labute approximate surface area is 123 Å². The number of ketones is 1. The topological polar surface area (TPSA) is 55.4 Å². The summed E-state index contributed by atoms with van der Waals surface area (Å²) in [5, 5.41) is 2.64. The minimum Gasteiger partial charge on any atom is -0.497 e. The molecule has 0 aromatic heterocycles. The largest absolute Gasteiger partial charge is 0.497 e. The number of carbonyl (C=O) groups is 2. The highest BCUT2D eigenvalue weighted by Gasteiger charge is 2.08. The molecule has 2 aromatic rings. The Morgan fingerprint density at radius 3 is 2.52 bits per heavy atom. The summed E-state index contributed by atoms with van der Waals surface area (Å²) in [6.45, 7) is 0.00676. The Morgan fingerprint density at radius 2 is 1.81 bits per heavy atom. The van der Waals surface area contributed by atoms with E-state index in [2.05, 4.69) is 5.32 Å². The summed E-state index contributed by atoms with van der Waals surface area (Å²) in [4.78, 5) is 23.7. The number of Topliss-reactive ketones (excluding diaryl/α,β-unsaturated/α-hetero) is 1. The molecule has 108 valence electrons. The average molecular weight is 283 g/mol. The molecule has 0 aliphatic rings. The molecule has 2 rings (SSSR count). The molecule has 4 nitrogen and oxygen atoms in total. The van der Waals surface area contributed by atoms with Gasteiger partial charge in [0.05, 0.1) is 20.1 Å². The highest BCUT2D eigenvalue weighted by Crippen LogP contribution is 2.12. The molecule has 0 bridgehead atoms. The van der Waals surface area contributed by atoms with E-state index in [0.717, 1.165) is 5.56 Å². The van der Waals surface area contributed by atoms with Crippen LogP contribution in [-0.2, 0) is 11.2 Å². The van der Waals surface area contributed by atoms with Crippen molar-refractivity contribution in [3.63, 3.8) is 0 Å². The third-order valence-corrected chi connectivity index (χ3v) is 3.04. The first-order chi connectivity index (χ1) is 10.2. The summed E-state index contributed by atoms with van der Waals surface area (Å²) in [5.41, 5.74) is 1.44. The van der Waals surface area contributed by atoms with Gasteiger partial charge < -0.3 is 10.1 Å². The van der Waals surface area contributed by atoms with E-state index in [-0.39, 0.29) is 24.7 Å². The Bertz CT molecular complexity index is 623. The molecule has 0 saturated heterocycles. The van der Waals surface area contributed by atoms with Crippen LogP contribution in [0.15, 0.2) is 54.6 Å². The summed E-state index contributed by atoms with van der Waals surface area (Å²) >= 11 is 0. The van der Waals surface area contributed by atoms with Gasteiger partial charge in [-0.3, -0.25) is 9.59 Å². The summed E-state index contributed by atoms with van der Waals surface area (Å²) in [6.07, 6.45) is 0.221. The molecule has 0 saturated carbocycles. The van der Waals surface area contributed by atoms with Crippen molar-refractivity contribution in [1.82, 2.24) is 5.32 Å². The lowest BCUT2D eigenvalue weighted by Crippen LogP contribution is -2.30. The van der Waals surface area contributed by atoms with Crippen LogP contribution >= 0.6 is 0 Å². The lowest BCUT2D eigenvalue weighted by Gasteiger charge is -2.06. The number of hydrogen-bond acceptors (Lipinski definition) is 3. The Kier molecular flexibility index (Phi) is 5.10. The Balaban J connectivity index is 1.86.